The molecule has 0 amide bonds. The first kappa shape index (κ1) is 27.0. The molecular weight excluding hydrogens is 414 g/mol. The van der Waals surface area contributed by atoms with E-state index in [9.17, 15) is 0 Å². The van der Waals surface area contributed by atoms with Gasteiger partial charge in [0.1, 0.15) is 0 Å². The molecule has 1 atom stereocenters. The van der Waals surface area contributed by atoms with E-state index < -0.39 is 0 Å². The van der Waals surface area contributed by atoms with Crippen molar-refractivity contribution in [2.45, 2.75) is 46.1 Å². The highest BCUT2D eigenvalue weighted by Crippen LogP contribution is 2.14. The third-order valence-corrected chi connectivity index (χ3v) is 5.82. The molecule has 0 aromatic heterocycles. The average Bonchev–Trinajstić information content (AvgIpc) is 2.86. The van der Waals surface area contributed by atoms with Gasteiger partial charge in [-0.3, -0.25) is 0 Å². The van der Waals surface area contributed by atoms with Gasteiger partial charge in [0.05, 0.1) is 0 Å². The molecule has 2 aromatic rings. The second kappa shape index (κ2) is 16.4. The fraction of sp³-hybridized carbons (Fsp3) is 0.355. The van der Waals surface area contributed by atoms with Crippen LogP contribution in [0.4, 0.5) is 0 Å². The molecule has 0 aliphatic rings. The minimum absolute atomic E-state index is 0.589. The van der Waals surface area contributed by atoms with Gasteiger partial charge in [-0.25, -0.2) is 0 Å². The maximum Gasteiger partial charge on any atom is 0.0347 e. The van der Waals surface area contributed by atoms with Crippen LogP contribution in [0.25, 0.3) is 0 Å². The first-order valence-electron chi connectivity index (χ1n) is 12.4. The number of rotatable bonds is 16. The summed E-state index contributed by atoms with van der Waals surface area (Å²) in [6.45, 7) is 12.3. The van der Waals surface area contributed by atoms with Crippen molar-refractivity contribution < 1.29 is 0 Å². The zero-order valence-corrected chi connectivity index (χ0v) is 20.9. The fourth-order valence-corrected chi connectivity index (χ4v) is 3.90. The maximum atomic E-state index is 5.60. The highest BCUT2D eigenvalue weighted by Gasteiger charge is 2.09. The molecule has 0 heterocycles. The van der Waals surface area contributed by atoms with Crippen LogP contribution in [0.3, 0.4) is 0 Å². The molecular formula is C31H41N3. The van der Waals surface area contributed by atoms with E-state index in [1.54, 1.807) is 6.08 Å². The Hall–Kier alpha value is -3.22. The molecule has 0 fully saturated rings. The van der Waals surface area contributed by atoms with E-state index in [1.165, 1.54) is 24.0 Å². The van der Waals surface area contributed by atoms with Crippen molar-refractivity contribution in [2.75, 3.05) is 19.6 Å². The molecule has 0 radical (unpaired) electrons. The van der Waals surface area contributed by atoms with Gasteiger partial charge in [0, 0.05) is 36.6 Å². The maximum absolute atomic E-state index is 5.60. The quantitative estimate of drug-likeness (QED) is 0.165. The summed E-state index contributed by atoms with van der Waals surface area (Å²) in [5, 5.41) is 10.6. The Labute approximate surface area is 207 Å². The van der Waals surface area contributed by atoms with Gasteiger partial charge in [-0.2, -0.15) is 0 Å². The molecule has 0 saturated heterocycles. The minimum Gasteiger partial charge on any atom is -0.388 e. The molecule has 3 nitrogen and oxygen atoms in total. The number of hydrogen-bond acceptors (Lipinski definition) is 3. The molecule has 0 aliphatic heterocycles. The van der Waals surface area contributed by atoms with Crippen molar-refractivity contribution in [3.63, 3.8) is 0 Å². The number of benzene rings is 2. The normalized spacial score (nSPS) is 12.6. The molecule has 3 heteroatoms. The van der Waals surface area contributed by atoms with Gasteiger partial charge in [0.15, 0.2) is 0 Å². The third kappa shape index (κ3) is 11.1. The monoisotopic (exact) mass is 455 g/mol. The van der Waals surface area contributed by atoms with Crippen LogP contribution in [-0.2, 0) is 13.0 Å². The molecule has 0 saturated carbocycles. The summed E-state index contributed by atoms with van der Waals surface area (Å²) in [7, 11) is 0. The highest BCUT2D eigenvalue weighted by molar-refractivity contribution is 5.42. The largest absolute Gasteiger partial charge is 0.388 e. The summed E-state index contributed by atoms with van der Waals surface area (Å²) >= 11 is 0. The van der Waals surface area contributed by atoms with Crippen LogP contribution in [0.5, 0.6) is 0 Å². The van der Waals surface area contributed by atoms with E-state index in [-0.39, 0.29) is 0 Å². The van der Waals surface area contributed by atoms with Crippen LogP contribution in [0.1, 0.15) is 44.2 Å². The lowest BCUT2D eigenvalue weighted by atomic mass is 9.99. The van der Waals surface area contributed by atoms with Crippen molar-refractivity contribution in [3.8, 4) is 12.3 Å². The standard InChI is InChI=1S/C31H41N3/c1-5-13-29(19-21-32-24-30-17-11-8-12-18-30)25-34-27(4)31(14-6-2)23-26(3)33-22-20-28-15-9-7-10-16-28/h2,7-12,14-18,23,29,32-34H,4-5,13,19-22,24-25H2,1,3H3/b26-23+,31-14+. The second-order valence-corrected chi connectivity index (χ2v) is 8.72. The number of allylic oxidation sites excluding steroid dienone is 3. The molecule has 1 unspecified atom stereocenters. The van der Waals surface area contributed by atoms with Crippen LogP contribution in [0, 0.1) is 18.3 Å². The summed E-state index contributed by atoms with van der Waals surface area (Å²) in [6, 6.07) is 21.1. The van der Waals surface area contributed by atoms with Crippen LogP contribution in [-0.4, -0.2) is 19.6 Å². The molecule has 2 rings (SSSR count). The summed E-state index contributed by atoms with van der Waals surface area (Å²) < 4.78 is 0. The Morgan fingerprint density at radius 2 is 1.65 bits per heavy atom. The lowest BCUT2D eigenvalue weighted by Crippen LogP contribution is -2.26. The average molecular weight is 456 g/mol. The molecule has 180 valence electrons. The summed E-state index contributed by atoms with van der Waals surface area (Å²) in [5.41, 5.74) is 5.55. The van der Waals surface area contributed by atoms with E-state index in [0.29, 0.717) is 5.92 Å². The van der Waals surface area contributed by atoms with Crippen LogP contribution < -0.4 is 16.0 Å². The first-order chi connectivity index (χ1) is 16.6. The van der Waals surface area contributed by atoms with E-state index >= 15 is 0 Å². The van der Waals surface area contributed by atoms with Gasteiger partial charge in [-0.05, 0) is 61.9 Å². The van der Waals surface area contributed by atoms with Gasteiger partial charge in [-0.15, -0.1) is 6.42 Å². The molecule has 0 aliphatic carbocycles. The first-order valence-corrected chi connectivity index (χ1v) is 12.4. The molecule has 3 N–H and O–H groups in total. The van der Waals surface area contributed by atoms with Crippen molar-refractivity contribution in [1.82, 2.24) is 16.0 Å². The Bertz CT molecular complexity index is 936. The van der Waals surface area contributed by atoms with Crippen molar-refractivity contribution in [1.29, 1.82) is 0 Å². The van der Waals surface area contributed by atoms with Crippen LogP contribution in [0.15, 0.2) is 96.4 Å². The summed E-state index contributed by atoms with van der Waals surface area (Å²) in [4.78, 5) is 0. The van der Waals surface area contributed by atoms with Crippen molar-refractivity contribution >= 4 is 0 Å². The van der Waals surface area contributed by atoms with Gasteiger partial charge in [-0.1, -0.05) is 86.5 Å². The number of terminal acetylenes is 1. The lowest BCUT2D eigenvalue weighted by molar-refractivity contribution is 0.418. The highest BCUT2D eigenvalue weighted by atomic mass is 14.9. The molecule has 0 bridgehead atoms. The topological polar surface area (TPSA) is 36.1 Å². The second-order valence-electron chi connectivity index (χ2n) is 8.72. The van der Waals surface area contributed by atoms with Crippen molar-refractivity contribution in [2.24, 2.45) is 5.92 Å². The van der Waals surface area contributed by atoms with E-state index in [1.807, 2.05) is 6.07 Å². The third-order valence-electron chi connectivity index (χ3n) is 5.82. The molecule has 2 aromatic carbocycles. The molecule has 0 spiro atoms. The van der Waals surface area contributed by atoms with Gasteiger partial charge >= 0.3 is 0 Å². The van der Waals surface area contributed by atoms with Crippen LogP contribution >= 0.6 is 0 Å². The Balaban J connectivity index is 1.79. The number of nitrogens with one attached hydrogen (secondary N) is 3. The van der Waals surface area contributed by atoms with Gasteiger partial charge in [0.25, 0.3) is 0 Å². The Kier molecular flexibility index (Phi) is 13.0. The van der Waals surface area contributed by atoms with E-state index in [2.05, 4.69) is 103 Å². The van der Waals surface area contributed by atoms with Gasteiger partial charge in [0.2, 0.25) is 0 Å². The predicted molar refractivity (Wildman–Crippen MR) is 147 cm³/mol. The van der Waals surface area contributed by atoms with E-state index in [0.717, 1.165) is 56.0 Å². The van der Waals surface area contributed by atoms with Crippen LogP contribution in [0.2, 0.25) is 0 Å². The fourth-order valence-electron chi connectivity index (χ4n) is 3.90. The Morgan fingerprint density at radius 1 is 0.971 bits per heavy atom. The molecule has 34 heavy (non-hydrogen) atoms. The number of hydrogen-bond donors (Lipinski definition) is 3. The van der Waals surface area contributed by atoms with Crippen molar-refractivity contribution in [3.05, 3.63) is 107 Å². The smallest absolute Gasteiger partial charge is 0.0347 e. The SMILES string of the molecule is C#C/C=C(\C=C(/C)NCCc1ccccc1)C(=C)NCC(CCC)CCNCc1ccccc1. The van der Waals surface area contributed by atoms with Gasteiger partial charge < -0.3 is 16.0 Å². The minimum atomic E-state index is 0.589. The van der Waals surface area contributed by atoms with E-state index in [4.69, 9.17) is 6.42 Å². The predicted octanol–water partition coefficient (Wildman–Crippen LogP) is 5.98. The summed E-state index contributed by atoms with van der Waals surface area (Å²) in [6.07, 6.45) is 13.9. The lowest BCUT2D eigenvalue weighted by Gasteiger charge is -2.20. The zero-order chi connectivity index (χ0) is 24.4. The Morgan fingerprint density at radius 3 is 2.29 bits per heavy atom. The summed E-state index contributed by atoms with van der Waals surface area (Å²) in [5.74, 6) is 3.25. The zero-order valence-electron chi connectivity index (χ0n) is 20.9.